The van der Waals surface area contributed by atoms with Gasteiger partial charge in [0.2, 0.25) is 11.8 Å². The van der Waals surface area contributed by atoms with Crippen molar-refractivity contribution in [2.24, 2.45) is 23.7 Å². The molecule has 0 spiro atoms. The van der Waals surface area contributed by atoms with E-state index in [1.807, 2.05) is 39.8 Å². The highest BCUT2D eigenvalue weighted by Gasteiger charge is 2.57. The van der Waals surface area contributed by atoms with Crippen LogP contribution >= 0.6 is 0 Å². The van der Waals surface area contributed by atoms with E-state index in [9.17, 15) is 14.4 Å². The number of ether oxygens (including phenoxy) is 1. The van der Waals surface area contributed by atoms with Crippen molar-refractivity contribution in [3.63, 3.8) is 0 Å². The number of unbranched alkanes of at least 4 members (excludes halogenated alkanes) is 2. The van der Waals surface area contributed by atoms with Gasteiger partial charge in [0, 0.05) is 24.6 Å². The van der Waals surface area contributed by atoms with Crippen molar-refractivity contribution in [2.45, 2.75) is 71.9 Å². The number of esters is 1. The summed E-state index contributed by atoms with van der Waals surface area (Å²) in [5.41, 5.74) is -0.425. The molecule has 2 aliphatic rings. The summed E-state index contributed by atoms with van der Waals surface area (Å²) in [6.45, 7) is 10.3. The van der Waals surface area contributed by atoms with Crippen molar-refractivity contribution >= 4 is 17.8 Å². The number of amides is 2. The van der Waals surface area contributed by atoms with E-state index >= 15 is 0 Å². The van der Waals surface area contributed by atoms with E-state index in [0.29, 0.717) is 19.4 Å². The minimum atomic E-state index is -0.637. The zero-order chi connectivity index (χ0) is 22.5. The first-order valence-electron chi connectivity index (χ1n) is 11.2. The Hall–Kier alpha value is -1.89. The number of hydrogen-bond donors (Lipinski definition) is 2. The van der Waals surface area contributed by atoms with Crippen molar-refractivity contribution in [3.8, 4) is 0 Å². The Kier molecular flexibility index (Phi) is 8.47. The van der Waals surface area contributed by atoms with Crippen molar-refractivity contribution < 1.29 is 24.2 Å². The Morgan fingerprint density at radius 1 is 1.17 bits per heavy atom. The van der Waals surface area contributed by atoms with Crippen LogP contribution in [0.25, 0.3) is 0 Å². The molecule has 1 aliphatic carbocycles. The number of fused-ring (bicyclic) bond motifs is 1. The second-order valence-electron chi connectivity index (χ2n) is 9.34. The molecule has 2 amide bonds. The maximum absolute atomic E-state index is 13.5. The molecule has 7 nitrogen and oxygen atoms in total. The zero-order valence-corrected chi connectivity index (χ0v) is 19.0. The summed E-state index contributed by atoms with van der Waals surface area (Å²) >= 11 is 0. The van der Waals surface area contributed by atoms with Crippen molar-refractivity contribution in [1.29, 1.82) is 0 Å². The summed E-state index contributed by atoms with van der Waals surface area (Å²) in [5, 5.41) is 12.1. The molecule has 1 heterocycles. The molecule has 2 N–H and O–H groups in total. The molecule has 1 saturated heterocycles. The van der Waals surface area contributed by atoms with Gasteiger partial charge in [-0.2, -0.15) is 0 Å². The average Bonchev–Trinajstić information content (AvgIpc) is 2.95. The van der Waals surface area contributed by atoms with Gasteiger partial charge in [-0.05, 0) is 59.3 Å². The number of likely N-dealkylation sites (tertiary alicyclic amines) is 1. The molecule has 0 aromatic carbocycles. The van der Waals surface area contributed by atoms with Crippen LogP contribution in [0.15, 0.2) is 12.2 Å². The number of nitrogens with zero attached hydrogens (tertiary/aromatic N) is 1. The molecular weight excluding hydrogens is 384 g/mol. The summed E-state index contributed by atoms with van der Waals surface area (Å²) < 4.78 is 5.32. The van der Waals surface area contributed by atoms with Crippen LogP contribution in [0.2, 0.25) is 0 Å². The molecule has 170 valence electrons. The van der Waals surface area contributed by atoms with Gasteiger partial charge in [0.05, 0.1) is 18.4 Å². The van der Waals surface area contributed by atoms with E-state index in [0.717, 1.165) is 12.8 Å². The number of aliphatic hydroxyl groups is 1. The third kappa shape index (κ3) is 5.42. The van der Waals surface area contributed by atoms with E-state index in [1.54, 1.807) is 11.8 Å². The lowest BCUT2D eigenvalue weighted by Crippen LogP contribution is -2.52. The summed E-state index contributed by atoms with van der Waals surface area (Å²) in [6.07, 6.45) is 6.83. The molecular formula is C23H38N2O5. The van der Waals surface area contributed by atoms with E-state index in [-0.39, 0.29) is 42.8 Å². The molecule has 7 heteroatoms. The second-order valence-corrected chi connectivity index (χ2v) is 9.34. The smallest absolute Gasteiger partial charge is 0.310 e. The lowest BCUT2D eigenvalue weighted by molar-refractivity contribution is -0.155. The summed E-state index contributed by atoms with van der Waals surface area (Å²) in [6, 6.07) is -0.637. The van der Waals surface area contributed by atoms with Gasteiger partial charge in [-0.1, -0.05) is 19.1 Å². The highest BCUT2D eigenvalue weighted by Crippen LogP contribution is 2.45. The number of carbonyl (C=O) groups is 3. The molecule has 30 heavy (non-hydrogen) atoms. The molecule has 5 atom stereocenters. The van der Waals surface area contributed by atoms with Crippen molar-refractivity contribution in [2.75, 3.05) is 19.8 Å². The highest BCUT2D eigenvalue weighted by molar-refractivity contribution is 5.96. The molecule has 0 radical (unpaired) electrons. The highest BCUT2D eigenvalue weighted by atomic mass is 16.5. The summed E-state index contributed by atoms with van der Waals surface area (Å²) in [5.74, 6) is -2.25. The predicted molar refractivity (Wildman–Crippen MR) is 114 cm³/mol. The van der Waals surface area contributed by atoms with Crippen LogP contribution in [0.1, 0.15) is 60.3 Å². The normalized spacial score (nSPS) is 28.4. The predicted octanol–water partition coefficient (Wildman–Crippen LogP) is 2.28. The quantitative estimate of drug-likeness (QED) is 0.338. The maximum Gasteiger partial charge on any atom is 0.310 e. The average molecular weight is 423 g/mol. The molecule has 0 aromatic heterocycles. The van der Waals surface area contributed by atoms with Crippen molar-refractivity contribution in [3.05, 3.63) is 12.2 Å². The molecule has 2 rings (SSSR count). The number of carbonyl (C=O) groups excluding carboxylic acids is 3. The standard InChI is InChI=1S/C23H38N2O5/c1-6-15-11-12-16-18(17(15)22(29)30-7-2)21(28)25(13-9-8-10-14-26)19(16)20(27)24-23(3,4)5/h11-12,15-19,26H,6-10,13-14H2,1-5H3,(H,24,27)/t15-,16+,17-,18+,19+/m1/s1. The Labute approximate surface area is 180 Å². The van der Waals surface area contributed by atoms with Gasteiger partial charge >= 0.3 is 5.97 Å². The summed E-state index contributed by atoms with van der Waals surface area (Å²) in [4.78, 5) is 41.2. The van der Waals surface area contributed by atoms with Gasteiger partial charge in [-0.3, -0.25) is 14.4 Å². The number of allylic oxidation sites excluding steroid dienone is 1. The summed E-state index contributed by atoms with van der Waals surface area (Å²) in [7, 11) is 0. The first-order chi connectivity index (χ1) is 14.2. The number of rotatable bonds is 9. The van der Waals surface area contributed by atoms with Crippen LogP contribution < -0.4 is 5.32 Å². The molecule has 0 saturated carbocycles. The molecule has 0 bridgehead atoms. The van der Waals surface area contributed by atoms with Crippen LogP contribution in [-0.4, -0.2) is 59.1 Å². The van der Waals surface area contributed by atoms with Gasteiger partial charge in [-0.15, -0.1) is 0 Å². The SMILES string of the molecule is CCOC(=O)[C@H]1[C@H]2C(=O)N(CCCCCO)[C@H](C(=O)NC(C)(C)C)[C@H]2C=C[C@H]1CC. The third-order valence-electron chi connectivity index (χ3n) is 5.97. The van der Waals surface area contributed by atoms with Gasteiger partial charge in [0.1, 0.15) is 6.04 Å². The zero-order valence-electron chi connectivity index (χ0n) is 19.0. The topological polar surface area (TPSA) is 95.9 Å². The van der Waals surface area contributed by atoms with Crippen molar-refractivity contribution in [1.82, 2.24) is 10.2 Å². The monoisotopic (exact) mass is 422 g/mol. The minimum absolute atomic E-state index is 0.0742. The van der Waals surface area contributed by atoms with Crippen LogP contribution in [0.3, 0.4) is 0 Å². The number of nitrogens with one attached hydrogen (secondary N) is 1. The first-order valence-corrected chi connectivity index (χ1v) is 11.2. The molecule has 0 unspecified atom stereocenters. The molecule has 1 aliphatic heterocycles. The van der Waals surface area contributed by atoms with Gasteiger partial charge < -0.3 is 20.1 Å². The van der Waals surface area contributed by atoms with Crippen LogP contribution in [0.5, 0.6) is 0 Å². The van der Waals surface area contributed by atoms with E-state index < -0.39 is 23.4 Å². The molecule has 0 aromatic rings. The van der Waals surface area contributed by atoms with Crippen LogP contribution in [0, 0.1) is 23.7 Å². The number of aliphatic hydroxyl groups excluding tert-OH is 1. The fraction of sp³-hybridized carbons (Fsp3) is 0.783. The minimum Gasteiger partial charge on any atom is -0.466 e. The van der Waals surface area contributed by atoms with E-state index in [2.05, 4.69) is 5.32 Å². The Bertz CT molecular complexity index is 654. The largest absolute Gasteiger partial charge is 0.466 e. The molecule has 1 fully saturated rings. The van der Waals surface area contributed by atoms with Gasteiger partial charge in [0.15, 0.2) is 0 Å². The number of hydrogen-bond acceptors (Lipinski definition) is 5. The van der Waals surface area contributed by atoms with E-state index in [1.165, 1.54) is 0 Å². The van der Waals surface area contributed by atoms with Gasteiger partial charge in [-0.25, -0.2) is 0 Å². The maximum atomic E-state index is 13.5. The Morgan fingerprint density at radius 2 is 1.87 bits per heavy atom. The third-order valence-corrected chi connectivity index (χ3v) is 5.97. The Balaban J connectivity index is 2.38. The fourth-order valence-electron chi connectivity index (χ4n) is 4.70. The lowest BCUT2D eigenvalue weighted by atomic mass is 9.69. The fourth-order valence-corrected chi connectivity index (χ4v) is 4.70. The van der Waals surface area contributed by atoms with Crippen LogP contribution in [0.4, 0.5) is 0 Å². The van der Waals surface area contributed by atoms with E-state index in [4.69, 9.17) is 9.84 Å². The second kappa shape index (κ2) is 10.4. The first kappa shape index (κ1) is 24.4. The van der Waals surface area contributed by atoms with Crippen LogP contribution in [-0.2, 0) is 19.1 Å². The van der Waals surface area contributed by atoms with Gasteiger partial charge in [0.25, 0.3) is 0 Å². The Morgan fingerprint density at radius 3 is 2.43 bits per heavy atom. The lowest BCUT2D eigenvalue weighted by Gasteiger charge is -2.34.